The molecule has 3 aromatic rings. The summed E-state index contributed by atoms with van der Waals surface area (Å²) in [6, 6.07) is 12.8. The summed E-state index contributed by atoms with van der Waals surface area (Å²) in [6.07, 6.45) is 4.68. The average Bonchev–Trinajstić information content (AvgIpc) is 2.92. The number of aromatic nitrogens is 4. The Balaban J connectivity index is 1.73. The number of hydrogen-bond acceptors (Lipinski definition) is 4. The fourth-order valence-corrected chi connectivity index (χ4v) is 3.69. The molecule has 0 saturated carbocycles. The van der Waals surface area contributed by atoms with Crippen molar-refractivity contribution in [3.8, 4) is 11.4 Å². The first-order valence-corrected chi connectivity index (χ1v) is 9.28. The van der Waals surface area contributed by atoms with Gasteiger partial charge in [0.25, 0.3) is 5.56 Å². The van der Waals surface area contributed by atoms with Crippen molar-refractivity contribution < 1.29 is 4.39 Å². The van der Waals surface area contributed by atoms with E-state index in [1.165, 1.54) is 12.4 Å². The lowest BCUT2D eigenvalue weighted by Gasteiger charge is -2.22. The molecule has 0 spiro atoms. The standard InChI is InChI=1S/C21H21FN4O/c22-17(12-15-6-2-1-3-7-15)16-8-4-5-11-26-20(27)13-19(25-21(16)26)18-9-10-23-14-24-18/h1-3,6-7,9-10,13-14,16-17H,4-5,8,11-12H2. The molecule has 2 aromatic heterocycles. The van der Waals surface area contributed by atoms with Crippen molar-refractivity contribution in [1.82, 2.24) is 19.5 Å². The van der Waals surface area contributed by atoms with Crippen LogP contribution < -0.4 is 5.56 Å². The van der Waals surface area contributed by atoms with Crippen LogP contribution in [0.4, 0.5) is 4.39 Å². The van der Waals surface area contributed by atoms with Gasteiger partial charge in [-0.15, -0.1) is 0 Å². The van der Waals surface area contributed by atoms with Gasteiger partial charge in [0.05, 0.1) is 11.4 Å². The first-order chi connectivity index (χ1) is 13.2. The van der Waals surface area contributed by atoms with Gasteiger partial charge in [-0.1, -0.05) is 36.8 Å². The van der Waals surface area contributed by atoms with E-state index in [1.54, 1.807) is 16.8 Å². The number of fused-ring (bicyclic) bond motifs is 1. The van der Waals surface area contributed by atoms with Crippen LogP contribution in [0.3, 0.4) is 0 Å². The lowest BCUT2D eigenvalue weighted by atomic mass is 9.92. The lowest BCUT2D eigenvalue weighted by molar-refractivity contribution is 0.261. The van der Waals surface area contributed by atoms with Gasteiger partial charge in [-0.3, -0.25) is 9.36 Å². The number of benzene rings is 1. The van der Waals surface area contributed by atoms with E-state index in [9.17, 15) is 4.79 Å². The summed E-state index contributed by atoms with van der Waals surface area (Å²) >= 11 is 0. The number of halogens is 1. The highest BCUT2D eigenvalue weighted by atomic mass is 19.1. The van der Waals surface area contributed by atoms with Crippen LogP contribution in [0.5, 0.6) is 0 Å². The molecule has 0 fully saturated rings. The fourth-order valence-electron chi connectivity index (χ4n) is 3.69. The zero-order valence-electron chi connectivity index (χ0n) is 15.0. The number of rotatable bonds is 4. The average molecular weight is 364 g/mol. The second-order valence-electron chi connectivity index (χ2n) is 6.89. The molecule has 0 aliphatic carbocycles. The van der Waals surface area contributed by atoms with Gasteiger partial charge < -0.3 is 0 Å². The topological polar surface area (TPSA) is 60.7 Å². The molecule has 2 atom stereocenters. The quantitative estimate of drug-likeness (QED) is 0.710. The number of nitrogens with zero attached hydrogens (tertiary/aromatic N) is 4. The highest BCUT2D eigenvalue weighted by Crippen LogP contribution is 2.31. The zero-order valence-corrected chi connectivity index (χ0v) is 15.0. The predicted octanol–water partition coefficient (Wildman–Crippen LogP) is 3.55. The molecule has 0 amide bonds. The van der Waals surface area contributed by atoms with Crippen LogP contribution >= 0.6 is 0 Å². The minimum atomic E-state index is -1.09. The van der Waals surface area contributed by atoms with E-state index < -0.39 is 12.1 Å². The van der Waals surface area contributed by atoms with Gasteiger partial charge in [0.1, 0.15) is 18.3 Å². The fraction of sp³-hybridized carbons (Fsp3) is 0.333. The maximum atomic E-state index is 15.3. The van der Waals surface area contributed by atoms with Gasteiger partial charge in [-0.25, -0.2) is 19.3 Å². The van der Waals surface area contributed by atoms with E-state index >= 15 is 4.39 Å². The highest BCUT2D eigenvalue weighted by molar-refractivity contribution is 5.52. The largest absolute Gasteiger partial charge is 0.296 e. The maximum Gasteiger partial charge on any atom is 0.254 e. The molecule has 27 heavy (non-hydrogen) atoms. The van der Waals surface area contributed by atoms with E-state index in [-0.39, 0.29) is 5.56 Å². The molecule has 1 aliphatic heterocycles. The monoisotopic (exact) mass is 364 g/mol. The lowest BCUT2D eigenvalue weighted by Crippen LogP contribution is -2.29. The third-order valence-electron chi connectivity index (χ3n) is 5.07. The molecule has 6 heteroatoms. The summed E-state index contributed by atoms with van der Waals surface area (Å²) in [7, 11) is 0. The SMILES string of the molecule is O=c1cc(-c2ccncn2)nc2n1CCCCC2C(F)Cc1ccccc1. The molecule has 0 radical (unpaired) electrons. The first-order valence-electron chi connectivity index (χ1n) is 9.28. The number of alkyl halides is 1. The molecule has 5 nitrogen and oxygen atoms in total. The summed E-state index contributed by atoms with van der Waals surface area (Å²) in [4.78, 5) is 25.5. The summed E-state index contributed by atoms with van der Waals surface area (Å²) < 4.78 is 17.0. The van der Waals surface area contributed by atoms with Crippen LogP contribution in [-0.4, -0.2) is 25.7 Å². The molecule has 1 aromatic carbocycles. The summed E-state index contributed by atoms with van der Waals surface area (Å²) in [5.74, 6) is 0.138. The van der Waals surface area contributed by atoms with Crippen LogP contribution in [0.25, 0.3) is 11.4 Å². The van der Waals surface area contributed by atoms with E-state index in [1.807, 2.05) is 30.3 Å². The van der Waals surface area contributed by atoms with Crippen molar-refractivity contribution in [2.75, 3.05) is 0 Å². The third kappa shape index (κ3) is 3.79. The molecule has 2 unspecified atom stereocenters. The maximum absolute atomic E-state index is 15.3. The molecular weight excluding hydrogens is 343 g/mol. The van der Waals surface area contributed by atoms with Gasteiger partial charge in [0.2, 0.25) is 0 Å². The number of hydrogen-bond donors (Lipinski definition) is 0. The molecule has 0 saturated heterocycles. The molecule has 1 aliphatic rings. The van der Waals surface area contributed by atoms with Crippen LogP contribution in [0.1, 0.15) is 36.6 Å². The Bertz CT molecular complexity index is 959. The van der Waals surface area contributed by atoms with Crippen LogP contribution in [0.15, 0.2) is 59.8 Å². The van der Waals surface area contributed by atoms with Gasteiger partial charge in [0.15, 0.2) is 0 Å². The predicted molar refractivity (Wildman–Crippen MR) is 101 cm³/mol. The minimum absolute atomic E-state index is 0.146. The first kappa shape index (κ1) is 17.5. The summed E-state index contributed by atoms with van der Waals surface area (Å²) in [6.45, 7) is 0.583. The molecule has 0 N–H and O–H groups in total. The Kier molecular flexibility index (Phi) is 5.05. The Morgan fingerprint density at radius 1 is 1.15 bits per heavy atom. The van der Waals surface area contributed by atoms with E-state index in [4.69, 9.17) is 0 Å². The second-order valence-corrected chi connectivity index (χ2v) is 6.89. The Morgan fingerprint density at radius 2 is 2.00 bits per heavy atom. The smallest absolute Gasteiger partial charge is 0.254 e. The minimum Gasteiger partial charge on any atom is -0.296 e. The van der Waals surface area contributed by atoms with Crippen LogP contribution in [0, 0.1) is 0 Å². The van der Waals surface area contributed by atoms with Crippen LogP contribution in [0.2, 0.25) is 0 Å². The highest BCUT2D eigenvalue weighted by Gasteiger charge is 2.29. The van der Waals surface area contributed by atoms with Crippen molar-refractivity contribution in [3.05, 3.63) is 76.7 Å². The van der Waals surface area contributed by atoms with Gasteiger partial charge in [-0.2, -0.15) is 0 Å². The van der Waals surface area contributed by atoms with Gasteiger partial charge in [0, 0.05) is 31.1 Å². The molecule has 0 bridgehead atoms. The summed E-state index contributed by atoms with van der Waals surface area (Å²) in [5, 5.41) is 0. The van der Waals surface area contributed by atoms with Crippen molar-refractivity contribution in [1.29, 1.82) is 0 Å². The van der Waals surface area contributed by atoms with Gasteiger partial charge >= 0.3 is 0 Å². The molecule has 4 rings (SSSR count). The summed E-state index contributed by atoms with van der Waals surface area (Å²) in [5.41, 5.74) is 1.86. The molecule has 3 heterocycles. The Hall–Kier alpha value is -2.89. The third-order valence-corrected chi connectivity index (χ3v) is 5.07. The second kappa shape index (κ2) is 7.78. The van der Waals surface area contributed by atoms with Crippen molar-refractivity contribution in [2.24, 2.45) is 0 Å². The Labute approximate surface area is 157 Å². The van der Waals surface area contributed by atoms with Gasteiger partial charge in [-0.05, 0) is 24.5 Å². The normalized spacial score (nSPS) is 17.7. The Morgan fingerprint density at radius 3 is 2.78 bits per heavy atom. The van der Waals surface area contributed by atoms with Crippen molar-refractivity contribution >= 4 is 0 Å². The molecular formula is C21H21FN4O. The van der Waals surface area contributed by atoms with E-state index in [2.05, 4.69) is 15.0 Å². The van der Waals surface area contributed by atoms with Crippen molar-refractivity contribution in [3.63, 3.8) is 0 Å². The van der Waals surface area contributed by atoms with Crippen LogP contribution in [-0.2, 0) is 13.0 Å². The molecule has 138 valence electrons. The van der Waals surface area contributed by atoms with E-state index in [0.29, 0.717) is 36.6 Å². The van der Waals surface area contributed by atoms with Crippen molar-refractivity contribution in [2.45, 2.75) is 44.3 Å². The zero-order chi connectivity index (χ0) is 18.6. The van der Waals surface area contributed by atoms with E-state index in [0.717, 1.165) is 18.4 Å².